The van der Waals surface area contributed by atoms with Crippen molar-refractivity contribution in [1.82, 2.24) is 0 Å². The van der Waals surface area contributed by atoms with Crippen LogP contribution in [0, 0.1) is 0 Å². The van der Waals surface area contributed by atoms with Crippen LogP contribution in [-0.2, 0) is 6.42 Å². The number of aliphatic hydroxyl groups is 1. The molecule has 0 amide bonds. The van der Waals surface area contributed by atoms with E-state index in [1.807, 2.05) is 0 Å². The highest BCUT2D eigenvalue weighted by atomic mass is 32.2. The summed E-state index contributed by atoms with van der Waals surface area (Å²) >= 11 is 3.53. The summed E-state index contributed by atoms with van der Waals surface area (Å²) in [5.41, 5.74) is 1.38. The first-order valence-corrected chi connectivity index (χ1v) is 6.20. The smallest absolute Gasteiger partial charge is 0.0885 e. The zero-order valence-electron chi connectivity index (χ0n) is 7.04. The van der Waals surface area contributed by atoms with Crippen molar-refractivity contribution < 1.29 is 5.11 Å². The fraction of sp³-hybridized carbons (Fsp3) is 0.556. The van der Waals surface area contributed by atoms with Gasteiger partial charge in [0.1, 0.15) is 0 Å². The first-order valence-electron chi connectivity index (χ1n) is 4.16. The number of thiophene rings is 1. The van der Waals surface area contributed by atoms with E-state index < -0.39 is 0 Å². The Balaban J connectivity index is 2.37. The zero-order valence-corrected chi connectivity index (χ0v) is 8.67. The van der Waals surface area contributed by atoms with Crippen LogP contribution < -0.4 is 0 Å². The van der Waals surface area contributed by atoms with E-state index in [-0.39, 0.29) is 6.10 Å². The molecule has 1 N–H and O–H groups in total. The molecule has 1 nitrogen and oxygen atoms in total. The molecule has 1 aliphatic rings. The van der Waals surface area contributed by atoms with Crippen LogP contribution in [0.1, 0.15) is 29.4 Å². The third-order valence-electron chi connectivity index (χ3n) is 2.25. The van der Waals surface area contributed by atoms with E-state index in [9.17, 15) is 5.11 Å². The number of fused-ring (bicyclic) bond motifs is 1. The van der Waals surface area contributed by atoms with Gasteiger partial charge in [-0.3, -0.25) is 0 Å². The van der Waals surface area contributed by atoms with E-state index in [1.165, 1.54) is 14.6 Å². The Morgan fingerprint density at radius 3 is 3.17 bits per heavy atom. The second kappa shape index (κ2) is 3.40. The van der Waals surface area contributed by atoms with E-state index >= 15 is 0 Å². The lowest BCUT2D eigenvalue weighted by Crippen LogP contribution is -2.04. The van der Waals surface area contributed by atoms with Crippen LogP contribution in [0.4, 0.5) is 0 Å². The number of rotatable bonds is 1. The predicted octanol–water partition coefficient (Wildman–Crippen LogP) is 2.84. The molecule has 1 aromatic heterocycles. The van der Waals surface area contributed by atoms with Crippen LogP contribution >= 0.6 is 23.1 Å². The summed E-state index contributed by atoms with van der Waals surface area (Å²) in [6, 6.07) is 2.23. The quantitative estimate of drug-likeness (QED) is 0.703. The molecular formula is C9H12OS2. The first-order chi connectivity index (χ1) is 5.81. The maximum Gasteiger partial charge on any atom is 0.0885 e. The highest BCUT2D eigenvalue weighted by Crippen LogP contribution is 2.39. The van der Waals surface area contributed by atoms with Gasteiger partial charge in [-0.15, -0.1) is 23.1 Å². The van der Waals surface area contributed by atoms with Gasteiger partial charge in [-0.25, -0.2) is 0 Å². The van der Waals surface area contributed by atoms with Crippen LogP contribution in [0.5, 0.6) is 0 Å². The molecule has 0 saturated carbocycles. The molecule has 0 bridgehead atoms. The minimum atomic E-state index is -0.181. The van der Waals surface area contributed by atoms with Gasteiger partial charge in [0.25, 0.3) is 0 Å². The summed E-state index contributed by atoms with van der Waals surface area (Å²) in [5, 5.41) is 9.67. The number of hydrogen-bond donors (Lipinski definition) is 1. The van der Waals surface area contributed by atoms with Gasteiger partial charge in [0.2, 0.25) is 0 Å². The second-order valence-corrected chi connectivity index (χ2v) is 5.26. The lowest BCUT2D eigenvalue weighted by atomic mass is 9.97. The normalized spacial score (nSPS) is 22.3. The third-order valence-corrected chi connectivity index (χ3v) is 4.59. The van der Waals surface area contributed by atoms with Crippen molar-refractivity contribution in [2.24, 2.45) is 0 Å². The average molecular weight is 200 g/mol. The van der Waals surface area contributed by atoms with E-state index in [1.54, 1.807) is 23.1 Å². The fourth-order valence-electron chi connectivity index (χ4n) is 1.61. The summed E-state index contributed by atoms with van der Waals surface area (Å²) in [7, 11) is 0. The average Bonchev–Trinajstić information content (AvgIpc) is 2.49. The maximum atomic E-state index is 9.67. The van der Waals surface area contributed by atoms with Crippen LogP contribution in [0.2, 0.25) is 0 Å². The Morgan fingerprint density at radius 2 is 2.50 bits per heavy atom. The van der Waals surface area contributed by atoms with Gasteiger partial charge in [-0.05, 0) is 37.1 Å². The van der Waals surface area contributed by atoms with E-state index in [2.05, 4.69) is 12.3 Å². The largest absolute Gasteiger partial charge is 0.388 e. The Kier molecular flexibility index (Phi) is 2.44. The van der Waals surface area contributed by atoms with Crippen LogP contribution in [-0.4, -0.2) is 11.4 Å². The monoisotopic (exact) mass is 200 g/mol. The van der Waals surface area contributed by atoms with E-state index in [0.717, 1.165) is 19.3 Å². The summed E-state index contributed by atoms with van der Waals surface area (Å²) < 4.78 is 1.33. The molecule has 0 aromatic carbocycles. The van der Waals surface area contributed by atoms with Gasteiger partial charge >= 0.3 is 0 Å². The molecule has 0 aliphatic heterocycles. The molecule has 0 fully saturated rings. The topological polar surface area (TPSA) is 20.2 Å². The number of aryl methyl sites for hydroxylation is 1. The van der Waals surface area contributed by atoms with Crippen LogP contribution in [0.3, 0.4) is 0 Å². The standard InChI is InChI=1S/C9H12OS2/c1-11-8-5-6-3-2-4-7(10)9(6)12-8/h5,7,10H,2-4H2,1H3. The van der Waals surface area contributed by atoms with Gasteiger partial charge in [0.05, 0.1) is 10.3 Å². The SMILES string of the molecule is CSc1cc2c(s1)C(O)CCC2. The molecule has 3 heteroatoms. The van der Waals surface area contributed by atoms with E-state index in [0.29, 0.717) is 0 Å². The Labute approximate surface area is 80.8 Å². The van der Waals surface area contributed by atoms with Crippen molar-refractivity contribution in [3.8, 4) is 0 Å². The molecule has 1 unspecified atom stereocenters. The zero-order chi connectivity index (χ0) is 8.55. The molecule has 12 heavy (non-hydrogen) atoms. The van der Waals surface area contributed by atoms with Crippen molar-refractivity contribution in [1.29, 1.82) is 0 Å². The highest BCUT2D eigenvalue weighted by molar-refractivity contribution is 8.00. The van der Waals surface area contributed by atoms with Crippen molar-refractivity contribution >= 4 is 23.1 Å². The predicted molar refractivity (Wildman–Crippen MR) is 54.0 cm³/mol. The van der Waals surface area contributed by atoms with Gasteiger partial charge in [0.15, 0.2) is 0 Å². The Morgan fingerprint density at radius 1 is 1.67 bits per heavy atom. The summed E-state index contributed by atoms with van der Waals surface area (Å²) in [6.45, 7) is 0. The highest BCUT2D eigenvalue weighted by Gasteiger charge is 2.20. The number of hydrogen-bond acceptors (Lipinski definition) is 3. The second-order valence-electron chi connectivity index (χ2n) is 3.07. The minimum absolute atomic E-state index is 0.181. The molecule has 66 valence electrons. The first kappa shape index (κ1) is 8.60. The van der Waals surface area contributed by atoms with Crippen molar-refractivity contribution in [2.75, 3.05) is 6.26 Å². The van der Waals surface area contributed by atoms with Gasteiger partial charge in [-0.2, -0.15) is 0 Å². The number of thioether (sulfide) groups is 1. The fourth-order valence-corrected chi connectivity index (χ4v) is 3.44. The lowest BCUT2D eigenvalue weighted by Gasteiger charge is -2.16. The molecule has 2 rings (SSSR count). The molecule has 1 heterocycles. The van der Waals surface area contributed by atoms with E-state index in [4.69, 9.17) is 0 Å². The third kappa shape index (κ3) is 1.41. The van der Waals surface area contributed by atoms with Gasteiger partial charge in [-0.1, -0.05) is 0 Å². The van der Waals surface area contributed by atoms with Crippen molar-refractivity contribution in [3.63, 3.8) is 0 Å². The van der Waals surface area contributed by atoms with Crippen LogP contribution in [0.15, 0.2) is 10.3 Å². The maximum absolute atomic E-state index is 9.67. The van der Waals surface area contributed by atoms with Crippen molar-refractivity contribution in [2.45, 2.75) is 29.6 Å². The number of aliphatic hydroxyl groups excluding tert-OH is 1. The summed E-state index contributed by atoms with van der Waals surface area (Å²) in [4.78, 5) is 1.21. The molecule has 0 spiro atoms. The van der Waals surface area contributed by atoms with Crippen molar-refractivity contribution in [3.05, 3.63) is 16.5 Å². The minimum Gasteiger partial charge on any atom is -0.388 e. The summed E-state index contributed by atoms with van der Waals surface area (Å²) in [5.74, 6) is 0. The molecule has 0 radical (unpaired) electrons. The van der Waals surface area contributed by atoms with Gasteiger partial charge < -0.3 is 5.11 Å². The molecular weight excluding hydrogens is 188 g/mol. The Bertz CT molecular complexity index is 280. The molecule has 0 saturated heterocycles. The Hall–Kier alpha value is 0.01000. The molecule has 1 aromatic rings. The molecule has 1 atom stereocenters. The van der Waals surface area contributed by atoms with Crippen LogP contribution in [0.25, 0.3) is 0 Å². The van der Waals surface area contributed by atoms with Gasteiger partial charge in [0, 0.05) is 4.88 Å². The molecule has 1 aliphatic carbocycles. The summed E-state index contributed by atoms with van der Waals surface area (Å²) in [6.07, 6.45) is 5.15. The lowest BCUT2D eigenvalue weighted by molar-refractivity contribution is 0.161.